The van der Waals surface area contributed by atoms with Crippen molar-refractivity contribution in [2.24, 2.45) is 11.3 Å². The van der Waals surface area contributed by atoms with Crippen LogP contribution in [0.3, 0.4) is 0 Å². The lowest BCUT2D eigenvalue weighted by Crippen LogP contribution is -2.57. The molecule has 4 N–H and O–H groups in total. The maximum atomic E-state index is 14.7. The molecule has 384 valence electrons. The van der Waals surface area contributed by atoms with E-state index in [0.717, 1.165) is 56.9 Å². The molecule has 3 aliphatic heterocycles. The number of aliphatic hydroxyl groups is 1. The number of fused-ring (bicyclic) bond motifs is 2. The number of amides is 1. The highest BCUT2D eigenvalue weighted by atomic mass is 32.2. The van der Waals surface area contributed by atoms with Crippen molar-refractivity contribution in [3.63, 3.8) is 0 Å². The highest BCUT2D eigenvalue weighted by Gasteiger charge is 2.52. The smallest absolute Gasteiger partial charge is 0.297 e. The van der Waals surface area contributed by atoms with Crippen LogP contribution in [0.5, 0.6) is 17.2 Å². The van der Waals surface area contributed by atoms with Gasteiger partial charge in [-0.3, -0.25) is 19.8 Å². The number of piperidine rings is 1. The number of H-pyrrole nitrogens is 1. The Morgan fingerprint density at radius 2 is 1.76 bits per heavy atom. The number of aromatic nitrogens is 2. The summed E-state index contributed by atoms with van der Waals surface area (Å²) in [5.74, 6) is -1.09. The van der Waals surface area contributed by atoms with Crippen LogP contribution in [0.4, 0.5) is 21.5 Å². The number of anilines is 2. The van der Waals surface area contributed by atoms with Gasteiger partial charge in [-0.1, -0.05) is 38.1 Å². The molecule has 0 unspecified atom stereocenters. The molecule has 1 spiro atoms. The van der Waals surface area contributed by atoms with E-state index < -0.39 is 52.7 Å². The van der Waals surface area contributed by atoms with Gasteiger partial charge in [-0.25, -0.2) is 30.9 Å². The van der Waals surface area contributed by atoms with Gasteiger partial charge >= 0.3 is 0 Å². The van der Waals surface area contributed by atoms with Crippen LogP contribution in [0, 0.1) is 27.3 Å². The van der Waals surface area contributed by atoms with Crippen LogP contribution in [0.25, 0.3) is 11.0 Å². The van der Waals surface area contributed by atoms with Crippen LogP contribution < -0.4 is 24.4 Å². The monoisotopic (exact) mass is 1030 g/mol. The van der Waals surface area contributed by atoms with Crippen LogP contribution in [-0.2, 0) is 19.9 Å². The molecule has 5 aliphatic rings. The number of likely N-dealkylation sites (tertiary alicyclic amines) is 1. The average molecular weight is 1030 g/mol. The lowest BCUT2D eigenvalue weighted by molar-refractivity contribution is -0.384. The third kappa shape index (κ3) is 9.98. The number of sulfone groups is 1. The second-order valence-corrected chi connectivity index (χ2v) is 25.4. The van der Waals surface area contributed by atoms with Crippen molar-refractivity contribution in [2.45, 2.75) is 126 Å². The summed E-state index contributed by atoms with van der Waals surface area (Å²) in [5.41, 5.74) is 2.20. The SMILES string of the molecule is CC(C)c1ccccc1[C@@H]1CC[C@H](CS(C)(=O)=O)N1C1CC2(CCN(c3ccc(C(=O)NS(=O)(=O)c4cc5c(c([N+](=O)[O-])c4)N[C@@H](C4CCC(C)(O)CC4)CO5)c(Oc4cnc5[nH]cc(F)c5c4)c3)CC2)C1. The van der Waals surface area contributed by atoms with E-state index in [9.17, 15) is 41.2 Å². The van der Waals surface area contributed by atoms with E-state index in [1.807, 2.05) is 0 Å². The Labute approximate surface area is 419 Å². The molecule has 10 rings (SSSR count). The second kappa shape index (κ2) is 18.9. The van der Waals surface area contributed by atoms with Crippen molar-refractivity contribution >= 4 is 53.9 Å². The van der Waals surface area contributed by atoms with Crippen molar-refractivity contribution in [1.82, 2.24) is 19.6 Å². The number of nitro benzene ring substituents is 1. The van der Waals surface area contributed by atoms with Gasteiger partial charge in [0.25, 0.3) is 21.6 Å². The van der Waals surface area contributed by atoms with Gasteiger partial charge in [0.05, 0.1) is 44.4 Å². The zero-order valence-corrected chi connectivity index (χ0v) is 42.5. The standard InChI is InChI=1S/C52H62FN7O10S2/c1-31(2)38-7-5-6-8-39(38)44-12-10-34(30-71(4,65)66)59(44)35-25-52(26-35)17-19-58(20-18-52)33-9-11-40(46(21-33)70-36-22-41-42(53)28-55-49(41)54-27-36)50(61)57-72(67,68)37-23-45(60(63)64)48-47(24-37)69-29-43(56-48)32-13-15-51(3,62)16-14-32/h5-9,11,21-24,27-28,31-32,34-35,43-44,56,62H,10,12-20,25-26,29-30H2,1-4H3,(H,54,55)(H,57,61)/t32?,34-,43-,44+,51?/m1/s1. The summed E-state index contributed by atoms with van der Waals surface area (Å²) in [6.45, 7) is 7.66. The molecule has 3 aromatic carbocycles. The number of nitrogens with zero attached hydrogens (tertiary/aromatic N) is 4. The van der Waals surface area contributed by atoms with E-state index in [1.165, 1.54) is 35.7 Å². The first kappa shape index (κ1) is 49.7. The fourth-order valence-corrected chi connectivity index (χ4v) is 14.3. The Kier molecular flexibility index (Phi) is 13.1. The Balaban J connectivity index is 0.874. The molecular weight excluding hydrogens is 966 g/mol. The number of nitro groups is 1. The molecule has 5 heterocycles. The van der Waals surface area contributed by atoms with Crippen molar-refractivity contribution in [3.8, 4) is 17.2 Å². The van der Waals surface area contributed by atoms with Gasteiger partial charge in [0, 0.05) is 67.6 Å². The molecule has 4 fully saturated rings. The number of hydrogen-bond donors (Lipinski definition) is 4. The Bertz CT molecular complexity index is 3140. The van der Waals surface area contributed by atoms with Crippen LogP contribution >= 0.6 is 0 Å². The summed E-state index contributed by atoms with van der Waals surface area (Å²) in [4.78, 5) is 37.0. The quantitative estimate of drug-likeness (QED) is 0.0639. The maximum absolute atomic E-state index is 14.7. The zero-order valence-electron chi connectivity index (χ0n) is 40.9. The Morgan fingerprint density at radius 3 is 2.47 bits per heavy atom. The van der Waals surface area contributed by atoms with Crippen LogP contribution in [-0.4, -0.2) is 103 Å². The first-order valence-electron chi connectivity index (χ1n) is 24.9. The molecule has 5 aromatic rings. The largest absolute Gasteiger partial charge is 0.489 e. The number of carbonyl (C=O) groups is 1. The number of aromatic amines is 1. The first-order chi connectivity index (χ1) is 34.1. The van der Waals surface area contributed by atoms with Gasteiger partial charge in [0.1, 0.15) is 39.4 Å². The number of halogens is 1. The molecule has 72 heavy (non-hydrogen) atoms. The Hall–Kier alpha value is -5.83. The topological polar surface area (TPSA) is 226 Å². The molecule has 2 aromatic heterocycles. The van der Waals surface area contributed by atoms with Gasteiger partial charge in [-0.15, -0.1) is 0 Å². The van der Waals surface area contributed by atoms with Gasteiger partial charge in [-0.05, 0) is 118 Å². The molecule has 3 atom stereocenters. The minimum atomic E-state index is -4.75. The van der Waals surface area contributed by atoms with Gasteiger partial charge in [0.2, 0.25) is 0 Å². The van der Waals surface area contributed by atoms with E-state index >= 15 is 0 Å². The van der Waals surface area contributed by atoms with Crippen LogP contribution in [0.2, 0.25) is 0 Å². The summed E-state index contributed by atoms with van der Waals surface area (Å²) in [6.07, 6.45) is 11.8. The summed E-state index contributed by atoms with van der Waals surface area (Å²) in [6, 6.07) is 16.9. The van der Waals surface area contributed by atoms with E-state index in [4.69, 9.17) is 9.47 Å². The van der Waals surface area contributed by atoms with Crippen molar-refractivity contribution in [2.75, 3.05) is 41.9 Å². The third-order valence-electron chi connectivity index (χ3n) is 16.1. The molecule has 0 bridgehead atoms. The number of benzene rings is 3. The van der Waals surface area contributed by atoms with Gasteiger partial charge in [0.15, 0.2) is 11.4 Å². The molecule has 2 aliphatic carbocycles. The predicted octanol–water partition coefficient (Wildman–Crippen LogP) is 8.76. The number of ether oxygens (including phenoxy) is 2. The molecule has 1 amide bonds. The number of nitrogens with one attached hydrogen (secondary N) is 3. The Morgan fingerprint density at radius 1 is 1.03 bits per heavy atom. The van der Waals surface area contributed by atoms with E-state index in [2.05, 4.69) is 67.9 Å². The minimum absolute atomic E-state index is 0.0285. The molecule has 0 radical (unpaired) electrons. The summed E-state index contributed by atoms with van der Waals surface area (Å²) in [5, 5.41) is 26.2. The number of carbonyl (C=O) groups excluding carboxylic acids is 1. The minimum Gasteiger partial charge on any atom is -0.489 e. The highest BCUT2D eigenvalue weighted by molar-refractivity contribution is 7.90. The predicted molar refractivity (Wildman–Crippen MR) is 271 cm³/mol. The van der Waals surface area contributed by atoms with Crippen molar-refractivity contribution < 1.29 is 45.5 Å². The van der Waals surface area contributed by atoms with Crippen molar-refractivity contribution in [3.05, 3.63) is 106 Å². The average Bonchev–Trinajstić information content (AvgIpc) is 3.91. The summed E-state index contributed by atoms with van der Waals surface area (Å²) >= 11 is 0. The number of sulfonamides is 1. The first-order valence-corrected chi connectivity index (χ1v) is 28.4. The fraction of sp³-hybridized carbons (Fsp3) is 0.500. The van der Waals surface area contributed by atoms with Crippen LogP contribution in [0.15, 0.2) is 78.0 Å². The van der Waals surface area contributed by atoms with E-state index in [0.29, 0.717) is 50.4 Å². The molecule has 17 nitrogen and oxygen atoms in total. The molecular formula is C52H62FN7O10S2. The van der Waals surface area contributed by atoms with E-state index in [-0.39, 0.29) is 87.4 Å². The number of hydrogen-bond acceptors (Lipinski definition) is 14. The zero-order chi connectivity index (χ0) is 50.9. The second-order valence-electron chi connectivity index (χ2n) is 21.5. The van der Waals surface area contributed by atoms with Crippen LogP contribution in [0.1, 0.15) is 118 Å². The highest BCUT2D eigenvalue weighted by Crippen LogP contribution is 2.56. The lowest BCUT2D eigenvalue weighted by atomic mass is 9.59. The number of pyridine rings is 1. The number of rotatable bonds is 13. The fourth-order valence-electron chi connectivity index (χ4n) is 12.2. The van der Waals surface area contributed by atoms with Gasteiger partial charge in [-0.2, -0.15) is 0 Å². The van der Waals surface area contributed by atoms with Crippen molar-refractivity contribution in [1.29, 1.82) is 0 Å². The summed E-state index contributed by atoms with van der Waals surface area (Å²) in [7, 11) is -7.96. The molecule has 2 saturated heterocycles. The van der Waals surface area contributed by atoms with E-state index in [1.54, 1.807) is 19.1 Å². The van der Waals surface area contributed by atoms with Gasteiger partial charge < -0.3 is 29.8 Å². The summed E-state index contributed by atoms with van der Waals surface area (Å²) < 4.78 is 82.4. The molecule has 20 heteroatoms. The molecule has 2 saturated carbocycles. The normalized spacial score (nSPS) is 24.6. The maximum Gasteiger partial charge on any atom is 0.297 e. The lowest BCUT2D eigenvalue weighted by Gasteiger charge is -2.57. The third-order valence-corrected chi connectivity index (χ3v) is 18.4.